The molecule has 0 bridgehead atoms. The molecule has 0 aliphatic rings. The van der Waals surface area contributed by atoms with Crippen LogP contribution in [-0.4, -0.2) is 19.6 Å². The van der Waals surface area contributed by atoms with Crippen molar-refractivity contribution in [3.8, 4) is 0 Å². The van der Waals surface area contributed by atoms with E-state index in [1.165, 1.54) is 0 Å². The molecule has 3 heteroatoms. The Balaban J connectivity index is 2.60. The van der Waals surface area contributed by atoms with E-state index in [0.717, 1.165) is 5.56 Å². The third kappa shape index (κ3) is 3.18. The lowest BCUT2D eigenvalue weighted by atomic mass is 10.00. The number of primary amides is 1. The van der Waals surface area contributed by atoms with Gasteiger partial charge in [0.2, 0.25) is 5.91 Å². The number of carbonyl (C=O) groups is 1. The summed E-state index contributed by atoms with van der Waals surface area (Å²) in [6.07, 6.45) is 0.643. The third-order valence-electron chi connectivity index (χ3n) is 2.10. The Morgan fingerprint density at radius 2 is 2.07 bits per heavy atom. The number of carbonyl (C=O) groups excluding carboxylic acids is 1. The molecular formula is C11H15NO2. The van der Waals surface area contributed by atoms with Crippen LogP contribution >= 0.6 is 0 Å². The van der Waals surface area contributed by atoms with Crippen LogP contribution < -0.4 is 5.73 Å². The fraction of sp³-hybridized carbons (Fsp3) is 0.364. The van der Waals surface area contributed by atoms with Crippen LogP contribution in [0.5, 0.6) is 0 Å². The van der Waals surface area contributed by atoms with E-state index in [4.69, 9.17) is 10.5 Å². The molecule has 0 fully saturated rings. The largest absolute Gasteiger partial charge is 0.384 e. The topological polar surface area (TPSA) is 52.3 Å². The maximum Gasteiger partial charge on any atom is 0.223 e. The van der Waals surface area contributed by atoms with Gasteiger partial charge in [0.05, 0.1) is 12.5 Å². The monoisotopic (exact) mass is 193 g/mol. The Morgan fingerprint density at radius 1 is 1.43 bits per heavy atom. The Kier molecular flexibility index (Phi) is 4.13. The molecule has 3 nitrogen and oxygen atoms in total. The van der Waals surface area contributed by atoms with Crippen molar-refractivity contribution in [1.82, 2.24) is 0 Å². The molecule has 1 unspecified atom stereocenters. The molecule has 1 amide bonds. The Labute approximate surface area is 83.9 Å². The van der Waals surface area contributed by atoms with E-state index in [1.54, 1.807) is 7.11 Å². The third-order valence-corrected chi connectivity index (χ3v) is 2.10. The van der Waals surface area contributed by atoms with Gasteiger partial charge in [-0.1, -0.05) is 30.3 Å². The molecule has 0 aliphatic heterocycles. The second-order valence-corrected chi connectivity index (χ2v) is 3.24. The number of hydrogen-bond donors (Lipinski definition) is 1. The summed E-state index contributed by atoms with van der Waals surface area (Å²) >= 11 is 0. The summed E-state index contributed by atoms with van der Waals surface area (Å²) < 4.78 is 4.94. The van der Waals surface area contributed by atoms with Crippen LogP contribution in [-0.2, 0) is 16.0 Å². The first-order valence-electron chi connectivity index (χ1n) is 4.56. The molecular weight excluding hydrogens is 178 g/mol. The zero-order valence-electron chi connectivity index (χ0n) is 8.27. The lowest BCUT2D eigenvalue weighted by Crippen LogP contribution is -2.28. The highest BCUT2D eigenvalue weighted by Crippen LogP contribution is 2.08. The van der Waals surface area contributed by atoms with Gasteiger partial charge in [-0.2, -0.15) is 0 Å². The van der Waals surface area contributed by atoms with Gasteiger partial charge >= 0.3 is 0 Å². The molecule has 14 heavy (non-hydrogen) atoms. The van der Waals surface area contributed by atoms with Crippen molar-refractivity contribution in [3.63, 3.8) is 0 Å². The summed E-state index contributed by atoms with van der Waals surface area (Å²) in [5.41, 5.74) is 6.36. The van der Waals surface area contributed by atoms with Gasteiger partial charge in [0.25, 0.3) is 0 Å². The highest BCUT2D eigenvalue weighted by Gasteiger charge is 2.15. The first kappa shape index (κ1) is 10.7. The predicted molar refractivity (Wildman–Crippen MR) is 54.7 cm³/mol. The van der Waals surface area contributed by atoms with Crippen LogP contribution in [0, 0.1) is 5.92 Å². The number of rotatable bonds is 5. The zero-order chi connectivity index (χ0) is 10.4. The second-order valence-electron chi connectivity index (χ2n) is 3.24. The van der Waals surface area contributed by atoms with Gasteiger partial charge in [-0.15, -0.1) is 0 Å². The Hall–Kier alpha value is -1.35. The number of nitrogens with two attached hydrogens (primary N) is 1. The minimum Gasteiger partial charge on any atom is -0.384 e. The van der Waals surface area contributed by atoms with Gasteiger partial charge in [-0.05, 0) is 12.0 Å². The van der Waals surface area contributed by atoms with Crippen LogP contribution in [0.15, 0.2) is 30.3 Å². The molecule has 1 aromatic carbocycles. The number of amides is 1. The maximum absolute atomic E-state index is 11.0. The Bertz CT molecular complexity index is 285. The van der Waals surface area contributed by atoms with Crippen molar-refractivity contribution in [2.75, 3.05) is 13.7 Å². The summed E-state index contributed by atoms with van der Waals surface area (Å²) in [7, 11) is 1.57. The van der Waals surface area contributed by atoms with Crippen LogP contribution in [0.2, 0.25) is 0 Å². The molecule has 0 saturated carbocycles. The van der Waals surface area contributed by atoms with Crippen molar-refractivity contribution >= 4 is 5.91 Å². The van der Waals surface area contributed by atoms with Gasteiger partial charge in [0, 0.05) is 7.11 Å². The van der Waals surface area contributed by atoms with E-state index in [-0.39, 0.29) is 11.8 Å². The summed E-state index contributed by atoms with van der Waals surface area (Å²) in [6.45, 7) is 0.379. The molecule has 0 spiro atoms. The van der Waals surface area contributed by atoms with Gasteiger partial charge in [-0.25, -0.2) is 0 Å². The predicted octanol–water partition coefficient (Wildman–Crippen LogP) is 0.977. The zero-order valence-corrected chi connectivity index (χ0v) is 8.27. The van der Waals surface area contributed by atoms with E-state index in [0.29, 0.717) is 13.0 Å². The molecule has 76 valence electrons. The van der Waals surface area contributed by atoms with Crippen molar-refractivity contribution in [2.24, 2.45) is 11.7 Å². The summed E-state index contributed by atoms with van der Waals surface area (Å²) in [5, 5.41) is 0. The molecule has 1 rings (SSSR count). The number of methoxy groups -OCH3 is 1. The van der Waals surface area contributed by atoms with Gasteiger partial charge in [0.15, 0.2) is 0 Å². The van der Waals surface area contributed by atoms with Crippen LogP contribution in [0.1, 0.15) is 5.56 Å². The summed E-state index contributed by atoms with van der Waals surface area (Å²) in [4.78, 5) is 11.0. The van der Waals surface area contributed by atoms with E-state index in [2.05, 4.69) is 0 Å². The first-order chi connectivity index (χ1) is 6.74. The quantitative estimate of drug-likeness (QED) is 0.757. The van der Waals surface area contributed by atoms with Crippen molar-refractivity contribution in [1.29, 1.82) is 0 Å². The maximum atomic E-state index is 11.0. The van der Waals surface area contributed by atoms with Gasteiger partial charge < -0.3 is 10.5 Å². The first-order valence-corrected chi connectivity index (χ1v) is 4.56. The lowest BCUT2D eigenvalue weighted by Gasteiger charge is -2.11. The molecule has 2 N–H and O–H groups in total. The highest BCUT2D eigenvalue weighted by molar-refractivity contribution is 5.77. The molecule has 0 saturated heterocycles. The molecule has 0 aliphatic carbocycles. The average molecular weight is 193 g/mol. The second kappa shape index (κ2) is 5.40. The standard InChI is InChI=1S/C11H15NO2/c1-14-8-10(11(12)13)7-9-5-3-2-4-6-9/h2-6,10H,7-8H2,1H3,(H2,12,13). The van der Waals surface area contributed by atoms with Crippen molar-refractivity contribution < 1.29 is 9.53 Å². The SMILES string of the molecule is COCC(Cc1ccccc1)C(N)=O. The van der Waals surface area contributed by atoms with Gasteiger partial charge in [0.1, 0.15) is 0 Å². The van der Waals surface area contributed by atoms with E-state index < -0.39 is 0 Å². The average Bonchev–Trinajstić information content (AvgIpc) is 2.18. The fourth-order valence-electron chi connectivity index (χ4n) is 1.34. The molecule has 0 aromatic heterocycles. The summed E-state index contributed by atoms with van der Waals surface area (Å²) in [6, 6.07) is 9.79. The number of ether oxygens (including phenoxy) is 1. The fourth-order valence-corrected chi connectivity index (χ4v) is 1.34. The van der Waals surface area contributed by atoms with Gasteiger partial charge in [-0.3, -0.25) is 4.79 Å². The minimum atomic E-state index is -0.310. The van der Waals surface area contributed by atoms with Crippen LogP contribution in [0.3, 0.4) is 0 Å². The Morgan fingerprint density at radius 3 is 2.57 bits per heavy atom. The molecule has 0 radical (unpaired) electrons. The normalized spacial score (nSPS) is 12.4. The van der Waals surface area contributed by atoms with Crippen molar-refractivity contribution in [3.05, 3.63) is 35.9 Å². The smallest absolute Gasteiger partial charge is 0.223 e. The molecule has 1 aromatic rings. The van der Waals surface area contributed by atoms with Crippen LogP contribution in [0.25, 0.3) is 0 Å². The van der Waals surface area contributed by atoms with Crippen molar-refractivity contribution in [2.45, 2.75) is 6.42 Å². The van der Waals surface area contributed by atoms with E-state index in [9.17, 15) is 4.79 Å². The van der Waals surface area contributed by atoms with E-state index in [1.807, 2.05) is 30.3 Å². The number of benzene rings is 1. The summed E-state index contributed by atoms with van der Waals surface area (Å²) in [5.74, 6) is -0.543. The van der Waals surface area contributed by atoms with Crippen LogP contribution in [0.4, 0.5) is 0 Å². The number of hydrogen-bond acceptors (Lipinski definition) is 2. The molecule has 1 atom stereocenters. The highest BCUT2D eigenvalue weighted by atomic mass is 16.5. The lowest BCUT2D eigenvalue weighted by molar-refractivity contribution is -0.123. The van der Waals surface area contributed by atoms with E-state index >= 15 is 0 Å². The molecule has 0 heterocycles. The minimum absolute atomic E-state index is 0.234.